The van der Waals surface area contributed by atoms with E-state index in [9.17, 15) is 14.0 Å². The second-order valence-electron chi connectivity index (χ2n) is 4.63. The Morgan fingerprint density at radius 3 is 2.65 bits per heavy atom. The summed E-state index contributed by atoms with van der Waals surface area (Å²) >= 11 is 0. The molecule has 0 unspecified atom stereocenters. The predicted molar refractivity (Wildman–Crippen MR) is 73.2 cm³/mol. The third-order valence-electron chi connectivity index (χ3n) is 2.95. The Bertz CT molecular complexity index is 662. The van der Waals surface area contributed by atoms with E-state index in [4.69, 9.17) is 0 Å². The second kappa shape index (κ2) is 6.23. The van der Waals surface area contributed by atoms with Crippen LogP contribution >= 0.6 is 0 Å². The highest BCUT2D eigenvalue weighted by molar-refractivity contribution is 5.95. The van der Waals surface area contributed by atoms with E-state index in [2.05, 4.69) is 5.10 Å². The summed E-state index contributed by atoms with van der Waals surface area (Å²) in [6.07, 6.45) is 2.43. The molecule has 20 heavy (non-hydrogen) atoms. The molecular formula is C15H15FN2O2. The topological polar surface area (TPSA) is 52.0 Å². The van der Waals surface area contributed by atoms with Gasteiger partial charge in [0.05, 0.1) is 6.20 Å². The molecule has 0 saturated heterocycles. The monoisotopic (exact) mass is 274 g/mol. The van der Waals surface area contributed by atoms with Gasteiger partial charge in [0, 0.05) is 24.6 Å². The number of Topliss-reactive ketones (excluding diaryl/α,β-unsaturated/α-hetero) is 1. The van der Waals surface area contributed by atoms with Crippen molar-refractivity contribution in [2.75, 3.05) is 0 Å². The number of aromatic nitrogens is 2. The fraction of sp³-hybridized carbons (Fsp3) is 0.267. The van der Waals surface area contributed by atoms with Crippen molar-refractivity contribution in [3.8, 4) is 0 Å². The number of carbonyl (C=O) groups is 1. The zero-order valence-electron chi connectivity index (χ0n) is 11.2. The normalized spacial score (nSPS) is 10.5. The van der Waals surface area contributed by atoms with Gasteiger partial charge in [-0.15, -0.1) is 0 Å². The Balaban J connectivity index is 1.91. The third-order valence-corrected chi connectivity index (χ3v) is 2.95. The Morgan fingerprint density at radius 2 is 2.00 bits per heavy atom. The van der Waals surface area contributed by atoms with Gasteiger partial charge in [-0.3, -0.25) is 9.59 Å². The van der Waals surface area contributed by atoms with Gasteiger partial charge in [-0.25, -0.2) is 9.07 Å². The highest BCUT2D eigenvalue weighted by atomic mass is 19.1. The van der Waals surface area contributed by atoms with E-state index in [0.717, 1.165) is 5.56 Å². The van der Waals surface area contributed by atoms with Crippen molar-refractivity contribution < 1.29 is 9.18 Å². The maximum Gasteiger partial charge on any atom is 0.266 e. The number of hydrogen-bond acceptors (Lipinski definition) is 3. The summed E-state index contributed by atoms with van der Waals surface area (Å²) in [6.45, 7) is 2.20. The highest BCUT2D eigenvalue weighted by Crippen LogP contribution is 2.07. The molecule has 0 saturated carbocycles. The number of rotatable bonds is 5. The van der Waals surface area contributed by atoms with Gasteiger partial charge in [-0.1, -0.05) is 0 Å². The van der Waals surface area contributed by atoms with Gasteiger partial charge in [0.1, 0.15) is 5.82 Å². The molecule has 0 radical (unpaired) electrons. The summed E-state index contributed by atoms with van der Waals surface area (Å²) in [5.41, 5.74) is 1.13. The van der Waals surface area contributed by atoms with Gasteiger partial charge in [-0.05, 0) is 43.2 Å². The summed E-state index contributed by atoms with van der Waals surface area (Å²) in [7, 11) is 0. The number of carbonyl (C=O) groups excluding carboxylic acids is 1. The number of hydrogen-bond donors (Lipinski definition) is 0. The Labute approximate surface area is 115 Å². The van der Waals surface area contributed by atoms with Crippen LogP contribution in [0.2, 0.25) is 0 Å². The molecule has 0 amide bonds. The molecule has 1 aromatic heterocycles. The van der Waals surface area contributed by atoms with Gasteiger partial charge < -0.3 is 0 Å². The molecule has 0 fully saturated rings. The van der Waals surface area contributed by atoms with Gasteiger partial charge in [0.25, 0.3) is 5.56 Å². The molecule has 4 nitrogen and oxygen atoms in total. The molecule has 5 heteroatoms. The summed E-state index contributed by atoms with van der Waals surface area (Å²) < 4.78 is 14.1. The van der Waals surface area contributed by atoms with Crippen LogP contribution in [-0.2, 0) is 6.54 Å². The molecule has 0 aliphatic rings. The van der Waals surface area contributed by atoms with Gasteiger partial charge in [0.15, 0.2) is 5.78 Å². The molecule has 0 aliphatic carbocycles. The minimum Gasteiger partial charge on any atom is -0.294 e. The van der Waals surface area contributed by atoms with Crippen molar-refractivity contribution in [3.63, 3.8) is 0 Å². The predicted octanol–water partition coefficient (Wildman–Crippen LogP) is 2.35. The third kappa shape index (κ3) is 3.60. The van der Waals surface area contributed by atoms with E-state index in [1.807, 2.05) is 0 Å². The summed E-state index contributed by atoms with van der Waals surface area (Å²) in [5, 5.41) is 4.00. The van der Waals surface area contributed by atoms with E-state index in [1.54, 1.807) is 13.1 Å². The Hall–Kier alpha value is -2.30. The van der Waals surface area contributed by atoms with Crippen LogP contribution in [-0.4, -0.2) is 15.6 Å². The van der Waals surface area contributed by atoms with Crippen molar-refractivity contribution >= 4 is 5.78 Å². The van der Waals surface area contributed by atoms with E-state index in [-0.39, 0.29) is 17.2 Å². The zero-order chi connectivity index (χ0) is 14.5. The standard InChI is InChI=1S/C15H15FN2O2/c1-11-9-15(20)18(17-10-11)8-2-3-14(19)12-4-6-13(16)7-5-12/h4-7,9-10H,2-3,8H2,1H3. The van der Waals surface area contributed by atoms with Crippen LogP contribution in [0, 0.1) is 12.7 Å². The van der Waals surface area contributed by atoms with E-state index < -0.39 is 0 Å². The fourth-order valence-corrected chi connectivity index (χ4v) is 1.86. The Morgan fingerprint density at radius 1 is 1.30 bits per heavy atom. The van der Waals surface area contributed by atoms with Crippen LogP contribution < -0.4 is 5.56 Å². The largest absolute Gasteiger partial charge is 0.294 e. The van der Waals surface area contributed by atoms with Crippen molar-refractivity contribution in [2.45, 2.75) is 26.3 Å². The zero-order valence-corrected chi connectivity index (χ0v) is 11.2. The molecule has 0 spiro atoms. The van der Waals surface area contributed by atoms with Gasteiger partial charge in [0.2, 0.25) is 0 Å². The lowest BCUT2D eigenvalue weighted by Crippen LogP contribution is -2.22. The number of nitrogens with zero attached hydrogens (tertiary/aromatic N) is 2. The first kappa shape index (κ1) is 14.1. The Kier molecular flexibility index (Phi) is 4.40. The van der Waals surface area contributed by atoms with Crippen LogP contribution in [0.4, 0.5) is 4.39 Å². The molecule has 0 N–H and O–H groups in total. The lowest BCUT2D eigenvalue weighted by Gasteiger charge is -2.04. The van der Waals surface area contributed by atoms with Crippen LogP contribution in [0.5, 0.6) is 0 Å². The van der Waals surface area contributed by atoms with Crippen LogP contribution in [0.1, 0.15) is 28.8 Å². The summed E-state index contributed by atoms with van der Waals surface area (Å²) in [5.74, 6) is -0.429. The maximum absolute atomic E-state index is 12.7. The first-order chi connectivity index (χ1) is 9.56. The number of aryl methyl sites for hydroxylation is 2. The van der Waals surface area contributed by atoms with Crippen LogP contribution in [0.3, 0.4) is 0 Å². The van der Waals surface area contributed by atoms with E-state index in [1.165, 1.54) is 35.0 Å². The van der Waals surface area contributed by atoms with E-state index in [0.29, 0.717) is 24.9 Å². The average molecular weight is 274 g/mol. The lowest BCUT2D eigenvalue weighted by molar-refractivity contribution is 0.0978. The fourth-order valence-electron chi connectivity index (χ4n) is 1.86. The van der Waals surface area contributed by atoms with Crippen molar-refractivity contribution in [1.82, 2.24) is 9.78 Å². The minimum atomic E-state index is -0.364. The SMILES string of the molecule is Cc1cnn(CCCC(=O)c2ccc(F)cc2)c(=O)c1. The number of benzene rings is 1. The first-order valence-corrected chi connectivity index (χ1v) is 6.39. The van der Waals surface area contributed by atoms with Gasteiger partial charge in [-0.2, -0.15) is 5.10 Å². The minimum absolute atomic E-state index is 0.0647. The van der Waals surface area contributed by atoms with Crippen LogP contribution in [0.25, 0.3) is 0 Å². The molecule has 0 bridgehead atoms. The molecule has 1 heterocycles. The second-order valence-corrected chi connectivity index (χ2v) is 4.63. The molecule has 2 aromatic rings. The lowest BCUT2D eigenvalue weighted by atomic mass is 10.1. The highest BCUT2D eigenvalue weighted by Gasteiger charge is 2.06. The summed E-state index contributed by atoms with van der Waals surface area (Å²) in [4.78, 5) is 23.5. The van der Waals surface area contributed by atoms with Gasteiger partial charge >= 0.3 is 0 Å². The molecular weight excluding hydrogens is 259 g/mol. The molecule has 104 valence electrons. The average Bonchev–Trinajstić information content (AvgIpc) is 2.42. The summed E-state index contributed by atoms with van der Waals surface area (Å²) in [6, 6.07) is 6.97. The van der Waals surface area contributed by atoms with Crippen LogP contribution in [0.15, 0.2) is 41.3 Å². The van der Waals surface area contributed by atoms with Crippen molar-refractivity contribution in [3.05, 3.63) is 63.8 Å². The smallest absolute Gasteiger partial charge is 0.266 e. The first-order valence-electron chi connectivity index (χ1n) is 6.39. The number of halogens is 1. The number of ketones is 1. The van der Waals surface area contributed by atoms with Crippen molar-refractivity contribution in [1.29, 1.82) is 0 Å². The molecule has 0 atom stereocenters. The maximum atomic E-state index is 12.7. The van der Waals surface area contributed by atoms with Crippen molar-refractivity contribution in [2.24, 2.45) is 0 Å². The molecule has 0 aliphatic heterocycles. The van der Waals surface area contributed by atoms with E-state index >= 15 is 0 Å². The quantitative estimate of drug-likeness (QED) is 0.786. The molecule has 2 rings (SSSR count). The molecule has 1 aromatic carbocycles.